The SMILES string of the molecule is CC(C)[C@H](NC(=O)OCc1ccccc1)C(=O)OCC(=O)c1ccc(F)c(F)c1. The molecule has 154 valence electrons. The molecule has 1 amide bonds. The molecule has 0 unspecified atom stereocenters. The maximum absolute atomic E-state index is 13.2. The summed E-state index contributed by atoms with van der Waals surface area (Å²) in [6.45, 7) is 2.72. The Morgan fingerprint density at radius 2 is 1.66 bits per heavy atom. The minimum absolute atomic E-state index is 0.0289. The number of benzene rings is 2. The first-order valence-corrected chi connectivity index (χ1v) is 8.90. The number of ketones is 1. The Kier molecular flexibility index (Phi) is 7.82. The number of hydrogen-bond donors (Lipinski definition) is 1. The quantitative estimate of drug-likeness (QED) is 0.536. The van der Waals surface area contributed by atoms with Gasteiger partial charge < -0.3 is 14.8 Å². The lowest BCUT2D eigenvalue weighted by Gasteiger charge is -2.20. The number of rotatable bonds is 8. The highest BCUT2D eigenvalue weighted by atomic mass is 19.2. The highest BCUT2D eigenvalue weighted by Gasteiger charge is 2.27. The lowest BCUT2D eigenvalue weighted by molar-refractivity contribution is -0.146. The van der Waals surface area contributed by atoms with Crippen molar-refractivity contribution in [3.8, 4) is 0 Å². The molecular weight excluding hydrogens is 384 g/mol. The van der Waals surface area contributed by atoms with E-state index in [1.54, 1.807) is 38.1 Å². The monoisotopic (exact) mass is 405 g/mol. The van der Waals surface area contributed by atoms with Crippen LogP contribution in [-0.2, 0) is 20.9 Å². The molecule has 6 nitrogen and oxygen atoms in total. The van der Waals surface area contributed by atoms with E-state index in [-0.39, 0.29) is 18.1 Å². The Balaban J connectivity index is 1.88. The average molecular weight is 405 g/mol. The lowest BCUT2D eigenvalue weighted by atomic mass is 10.1. The van der Waals surface area contributed by atoms with Gasteiger partial charge in [-0.3, -0.25) is 4.79 Å². The van der Waals surface area contributed by atoms with Crippen molar-refractivity contribution < 1.29 is 32.6 Å². The van der Waals surface area contributed by atoms with Gasteiger partial charge in [-0.15, -0.1) is 0 Å². The molecule has 0 fully saturated rings. The highest BCUT2D eigenvalue weighted by molar-refractivity contribution is 5.98. The first-order chi connectivity index (χ1) is 13.8. The number of Topliss-reactive ketones (excluding diaryl/α,β-unsaturated/α-hetero) is 1. The molecule has 0 radical (unpaired) electrons. The molecule has 0 spiro atoms. The van der Waals surface area contributed by atoms with Crippen LogP contribution in [0.5, 0.6) is 0 Å². The topological polar surface area (TPSA) is 81.7 Å². The fourth-order valence-corrected chi connectivity index (χ4v) is 2.37. The standard InChI is InChI=1S/C21H21F2NO5/c1-13(2)19(24-21(27)29-11-14-6-4-3-5-7-14)20(26)28-12-18(25)15-8-9-16(22)17(23)10-15/h3-10,13,19H,11-12H2,1-2H3,(H,24,27)/t19-/m0/s1. The predicted octanol–water partition coefficient (Wildman–Crippen LogP) is 3.64. The zero-order chi connectivity index (χ0) is 21.4. The minimum atomic E-state index is -1.18. The van der Waals surface area contributed by atoms with Crippen molar-refractivity contribution in [3.63, 3.8) is 0 Å². The fourth-order valence-electron chi connectivity index (χ4n) is 2.37. The third-order valence-corrected chi connectivity index (χ3v) is 3.99. The Morgan fingerprint density at radius 1 is 0.966 bits per heavy atom. The number of carbonyl (C=O) groups excluding carboxylic acids is 3. The van der Waals surface area contributed by atoms with Crippen LogP contribution in [0, 0.1) is 17.6 Å². The highest BCUT2D eigenvalue weighted by Crippen LogP contribution is 2.11. The van der Waals surface area contributed by atoms with Gasteiger partial charge in [-0.05, 0) is 29.7 Å². The summed E-state index contributed by atoms with van der Waals surface area (Å²) in [5.41, 5.74) is 0.650. The summed E-state index contributed by atoms with van der Waals surface area (Å²) in [5, 5.41) is 2.41. The smallest absolute Gasteiger partial charge is 0.408 e. The molecule has 1 N–H and O–H groups in total. The second-order valence-electron chi connectivity index (χ2n) is 6.59. The molecule has 29 heavy (non-hydrogen) atoms. The van der Waals surface area contributed by atoms with Gasteiger partial charge in [-0.1, -0.05) is 44.2 Å². The minimum Gasteiger partial charge on any atom is -0.456 e. The molecule has 0 heterocycles. The van der Waals surface area contributed by atoms with Gasteiger partial charge in [0.25, 0.3) is 0 Å². The Bertz CT molecular complexity index is 871. The van der Waals surface area contributed by atoms with Crippen LogP contribution in [0.4, 0.5) is 13.6 Å². The summed E-state index contributed by atoms with van der Waals surface area (Å²) in [7, 11) is 0. The van der Waals surface area contributed by atoms with Crippen LogP contribution in [0.2, 0.25) is 0 Å². The third kappa shape index (κ3) is 6.67. The van der Waals surface area contributed by atoms with Crippen molar-refractivity contribution in [2.24, 2.45) is 5.92 Å². The average Bonchev–Trinajstić information content (AvgIpc) is 2.71. The van der Waals surface area contributed by atoms with E-state index in [0.29, 0.717) is 0 Å². The summed E-state index contributed by atoms with van der Waals surface area (Å²) >= 11 is 0. The number of nitrogens with one attached hydrogen (secondary N) is 1. The third-order valence-electron chi connectivity index (χ3n) is 3.99. The van der Waals surface area contributed by atoms with Crippen molar-refractivity contribution >= 4 is 17.8 Å². The molecule has 0 aliphatic heterocycles. The van der Waals surface area contributed by atoms with E-state index >= 15 is 0 Å². The maximum Gasteiger partial charge on any atom is 0.408 e. The number of hydrogen-bond acceptors (Lipinski definition) is 5. The zero-order valence-electron chi connectivity index (χ0n) is 16.0. The largest absolute Gasteiger partial charge is 0.456 e. The van der Waals surface area contributed by atoms with Gasteiger partial charge in [-0.2, -0.15) is 0 Å². The number of amides is 1. The lowest BCUT2D eigenvalue weighted by Crippen LogP contribution is -2.45. The molecule has 2 rings (SSSR count). The van der Waals surface area contributed by atoms with Gasteiger partial charge in [0.15, 0.2) is 24.0 Å². The van der Waals surface area contributed by atoms with E-state index in [0.717, 1.165) is 23.8 Å². The van der Waals surface area contributed by atoms with Crippen molar-refractivity contribution in [3.05, 3.63) is 71.3 Å². The van der Waals surface area contributed by atoms with Crippen molar-refractivity contribution in [1.82, 2.24) is 5.32 Å². The van der Waals surface area contributed by atoms with Gasteiger partial charge in [0.2, 0.25) is 0 Å². The molecule has 2 aromatic carbocycles. The van der Waals surface area contributed by atoms with Crippen LogP contribution in [0.1, 0.15) is 29.8 Å². The maximum atomic E-state index is 13.2. The molecule has 2 aromatic rings. The number of alkyl carbamates (subject to hydrolysis) is 1. The molecule has 1 atom stereocenters. The summed E-state index contributed by atoms with van der Waals surface area (Å²) in [4.78, 5) is 36.3. The van der Waals surface area contributed by atoms with E-state index < -0.39 is 42.1 Å². The number of ether oxygens (including phenoxy) is 2. The fraction of sp³-hybridized carbons (Fsp3) is 0.286. The zero-order valence-corrected chi connectivity index (χ0v) is 16.0. The van der Waals surface area contributed by atoms with Crippen LogP contribution in [0.15, 0.2) is 48.5 Å². The Morgan fingerprint density at radius 3 is 2.28 bits per heavy atom. The summed E-state index contributed by atoms with van der Waals surface area (Å²) < 4.78 is 36.2. The summed E-state index contributed by atoms with van der Waals surface area (Å²) in [6.07, 6.45) is -0.809. The van der Waals surface area contributed by atoms with E-state index in [9.17, 15) is 23.2 Å². The van der Waals surface area contributed by atoms with Crippen molar-refractivity contribution in [2.75, 3.05) is 6.61 Å². The van der Waals surface area contributed by atoms with E-state index in [1.807, 2.05) is 6.07 Å². The summed E-state index contributed by atoms with van der Waals surface area (Å²) in [5.74, 6) is -4.15. The van der Waals surface area contributed by atoms with Crippen molar-refractivity contribution in [1.29, 1.82) is 0 Å². The summed E-state index contributed by atoms with van der Waals surface area (Å²) in [6, 6.07) is 10.6. The van der Waals surface area contributed by atoms with E-state index in [4.69, 9.17) is 9.47 Å². The molecule has 0 bridgehead atoms. The number of esters is 1. The first-order valence-electron chi connectivity index (χ1n) is 8.90. The molecule has 8 heteroatoms. The van der Waals surface area contributed by atoms with Crippen LogP contribution in [0.25, 0.3) is 0 Å². The van der Waals surface area contributed by atoms with Gasteiger partial charge in [0.1, 0.15) is 12.6 Å². The van der Waals surface area contributed by atoms with Gasteiger partial charge in [-0.25, -0.2) is 18.4 Å². The predicted molar refractivity (Wildman–Crippen MR) is 100 cm³/mol. The van der Waals surface area contributed by atoms with Crippen molar-refractivity contribution in [2.45, 2.75) is 26.5 Å². The van der Waals surface area contributed by atoms with Crippen LogP contribution >= 0.6 is 0 Å². The normalized spacial score (nSPS) is 11.6. The van der Waals surface area contributed by atoms with Crippen LogP contribution in [0.3, 0.4) is 0 Å². The van der Waals surface area contributed by atoms with E-state index in [1.165, 1.54) is 0 Å². The molecule has 0 saturated heterocycles. The molecule has 0 saturated carbocycles. The van der Waals surface area contributed by atoms with Gasteiger partial charge >= 0.3 is 12.1 Å². The molecule has 0 aromatic heterocycles. The van der Waals surface area contributed by atoms with Crippen LogP contribution in [-0.4, -0.2) is 30.5 Å². The first kappa shape index (κ1) is 22.0. The molecule has 0 aliphatic carbocycles. The van der Waals surface area contributed by atoms with Gasteiger partial charge in [0, 0.05) is 5.56 Å². The number of carbonyl (C=O) groups is 3. The molecular formula is C21H21F2NO5. The second-order valence-corrected chi connectivity index (χ2v) is 6.59. The molecule has 0 aliphatic rings. The number of halogens is 2. The Hall–Kier alpha value is -3.29. The van der Waals surface area contributed by atoms with Crippen LogP contribution < -0.4 is 5.32 Å². The Labute approximate surface area is 166 Å². The van der Waals surface area contributed by atoms with Gasteiger partial charge in [0.05, 0.1) is 0 Å². The van der Waals surface area contributed by atoms with E-state index in [2.05, 4.69) is 5.32 Å². The second kappa shape index (κ2) is 10.3.